The Morgan fingerprint density at radius 1 is 1.31 bits per heavy atom. The molecule has 0 unspecified atom stereocenters. The highest BCUT2D eigenvalue weighted by atomic mass is 19.3. The summed E-state index contributed by atoms with van der Waals surface area (Å²) in [5.74, 6) is -2.51. The molecule has 1 N–H and O–H groups in total. The fourth-order valence-electron chi connectivity index (χ4n) is 2.94. The highest BCUT2D eigenvalue weighted by Crippen LogP contribution is 2.30. The highest BCUT2D eigenvalue weighted by Gasteiger charge is 2.39. The largest absolute Gasteiger partial charge is 0.349 e. The number of aromatic nitrogens is 5. The molecule has 1 saturated heterocycles. The van der Waals surface area contributed by atoms with Gasteiger partial charge in [-0.05, 0) is 31.2 Å². The molecule has 8 nitrogen and oxygen atoms in total. The first kappa shape index (κ1) is 16.3. The van der Waals surface area contributed by atoms with Crippen molar-refractivity contribution >= 4 is 23.2 Å². The summed E-state index contributed by atoms with van der Waals surface area (Å²) in [6.45, 7) is 1.50. The number of amides is 1. The lowest BCUT2D eigenvalue weighted by Gasteiger charge is -2.17. The maximum absolute atomic E-state index is 13.5. The molecule has 0 saturated carbocycles. The van der Waals surface area contributed by atoms with Gasteiger partial charge >= 0.3 is 0 Å². The Kier molecular flexibility index (Phi) is 3.74. The van der Waals surface area contributed by atoms with Gasteiger partial charge in [-0.2, -0.15) is 5.10 Å². The molecule has 1 fully saturated rings. The van der Waals surface area contributed by atoms with Crippen LogP contribution < -0.4 is 10.2 Å². The fourth-order valence-corrected chi connectivity index (χ4v) is 2.94. The maximum atomic E-state index is 13.5. The van der Waals surface area contributed by atoms with Gasteiger partial charge in [0.25, 0.3) is 11.8 Å². The van der Waals surface area contributed by atoms with Crippen molar-refractivity contribution < 1.29 is 13.6 Å². The summed E-state index contributed by atoms with van der Waals surface area (Å²) < 4.78 is 28.3. The third-order valence-corrected chi connectivity index (χ3v) is 4.16. The number of rotatable bonds is 3. The summed E-state index contributed by atoms with van der Waals surface area (Å²) in [6.07, 6.45) is 1.28. The Bertz CT molecular complexity index is 973. The zero-order valence-electron chi connectivity index (χ0n) is 13.9. The van der Waals surface area contributed by atoms with Gasteiger partial charge in [0.2, 0.25) is 0 Å². The van der Waals surface area contributed by atoms with E-state index in [0.717, 1.165) is 0 Å². The quantitative estimate of drug-likeness (QED) is 0.769. The van der Waals surface area contributed by atoms with Crippen LogP contribution in [0.3, 0.4) is 0 Å². The van der Waals surface area contributed by atoms with Gasteiger partial charge in [-0.15, -0.1) is 10.2 Å². The zero-order valence-corrected chi connectivity index (χ0v) is 13.9. The second kappa shape index (κ2) is 5.97. The molecule has 0 aromatic carbocycles. The number of imidazole rings is 1. The molecule has 0 bridgehead atoms. The Morgan fingerprint density at radius 3 is 2.85 bits per heavy atom. The molecule has 0 atom stereocenters. The van der Waals surface area contributed by atoms with Crippen LogP contribution in [0, 0.1) is 6.92 Å². The van der Waals surface area contributed by atoms with E-state index in [1.165, 1.54) is 15.6 Å². The van der Waals surface area contributed by atoms with Crippen molar-refractivity contribution in [3.63, 3.8) is 0 Å². The Balaban J connectivity index is 1.69. The van der Waals surface area contributed by atoms with Gasteiger partial charge in [0.15, 0.2) is 17.2 Å². The van der Waals surface area contributed by atoms with E-state index in [2.05, 4.69) is 25.6 Å². The average Bonchev–Trinajstić information content (AvgIpc) is 3.13. The fraction of sp³-hybridized carbons (Fsp3) is 0.312. The van der Waals surface area contributed by atoms with Crippen molar-refractivity contribution in [3.8, 4) is 0 Å². The number of carbonyl (C=O) groups excluding carboxylic acids is 1. The number of nitrogens with one attached hydrogen (secondary N) is 1. The molecule has 0 radical (unpaired) electrons. The SMILES string of the molecule is Cc1nc2ccc(N3CCC(F)(F)C3)nn2c1C(=O)Nc1cccnn1. The summed E-state index contributed by atoms with van der Waals surface area (Å²) in [5, 5.41) is 14.5. The van der Waals surface area contributed by atoms with Crippen LogP contribution in [0.1, 0.15) is 22.6 Å². The van der Waals surface area contributed by atoms with Gasteiger partial charge in [-0.3, -0.25) is 4.79 Å². The molecular formula is C16H15F2N7O. The van der Waals surface area contributed by atoms with Crippen LogP contribution in [0.2, 0.25) is 0 Å². The summed E-state index contributed by atoms with van der Waals surface area (Å²) in [5.41, 5.74) is 1.16. The third-order valence-electron chi connectivity index (χ3n) is 4.16. The monoisotopic (exact) mass is 359 g/mol. The standard InChI is InChI=1S/C16H15F2N7O/c1-10-14(15(26)21-11-3-2-7-19-22-11)25-12(20-10)4-5-13(23-25)24-8-6-16(17,18)9-24/h2-5,7H,6,8-9H2,1H3,(H,21,22,26). The van der Waals surface area contributed by atoms with E-state index in [0.29, 0.717) is 23.0 Å². The molecule has 3 aromatic heterocycles. The second-order valence-corrected chi connectivity index (χ2v) is 6.10. The van der Waals surface area contributed by atoms with Gasteiger partial charge in [-0.1, -0.05) is 0 Å². The molecule has 3 aromatic rings. The van der Waals surface area contributed by atoms with Gasteiger partial charge in [0.1, 0.15) is 5.82 Å². The van der Waals surface area contributed by atoms with E-state index in [1.54, 1.807) is 31.2 Å². The summed E-state index contributed by atoms with van der Waals surface area (Å²) in [4.78, 5) is 18.4. The number of nitrogens with zero attached hydrogens (tertiary/aromatic N) is 6. The van der Waals surface area contributed by atoms with Crippen LogP contribution in [0.4, 0.5) is 20.4 Å². The first-order valence-electron chi connectivity index (χ1n) is 8.01. The van der Waals surface area contributed by atoms with Gasteiger partial charge in [0, 0.05) is 19.2 Å². The molecule has 1 amide bonds. The Morgan fingerprint density at radius 2 is 2.15 bits per heavy atom. The minimum absolute atomic E-state index is 0.209. The molecule has 0 aliphatic carbocycles. The number of carbonyl (C=O) groups is 1. The minimum Gasteiger partial charge on any atom is -0.349 e. The molecule has 4 rings (SSSR count). The first-order chi connectivity index (χ1) is 12.4. The minimum atomic E-state index is -2.73. The van der Waals surface area contributed by atoms with Crippen molar-refractivity contribution in [2.24, 2.45) is 0 Å². The van der Waals surface area contributed by atoms with E-state index in [4.69, 9.17) is 0 Å². The topological polar surface area (TPSA) is 88.3 Å². The van der Waals surface area contributed by atoms with E-state index in [-0.39, 0.29) is 25.2 Å². The maximum Gasteiger partial charge on any atom is 0.277 e. The van der Waals surface area contributed by atoms with Crippen molar-refractivity contribution in [1.82, 2.24) is 24.8 Å². The normalized spacial score (nSPS) is 16.2. The van der Waals surface area contributed by atoms with Crippen LogP contribution in [-0.2, 0) is 0 Å². The average molecular weight is 359 g/mol. The Hall–Kier alpha value is -3.17. The number of aryl methyl sites for hydroxylation is 1. The summed E-state index contributed by atoms with van der Waals surface area (Å²) >= 11 is 0. The molecule has 134 valence electrons. The molecule has 4 heterocycles. The van der Waals surface area contributed by atoms with Crippen molar-refractivity contribution in [1.29, 1.82) is 0 Å². The first-order valence-corrected chi connectivity index (χ1v) is 8.01. The molecule has 26 heavy (non-hydrogen) atoms. The highest BCUT2D eigenvalue weighted by molar-refractivity contribution is 6.03. The number of anilines is 2. The van der Waals surface area contributed by atoms with Crippen LogP contribution in [-0.4, -0.2) is 49.7 Å². The second-order valence-electron chi connectivity index (χ2n) is 6.10. The zero-order chi connectivity index (χ0) is 18.3. The van der Waals surface area contributed by atoms with E-state index >= 15 is 0 Å². The third kappa shape index (κ3) is 2.93. The lowest BCUT2D eigenvalue weighted by atomic mass is 10.3. The molecule has 0 spiro atoms. The molecule has 1 aliphatic heterocycles. The van der Waals surface area contributed by atoms with E-state index in [1.807, 2.05) is 0 Å². The number of hydrogen-bond acceptors (Lipinski definition) is 6. The predicted molar refractivity (Wildman–Crippen MR) is 89.5 cm³/mol. The van der Waals surface area contributed by atoms with Crippen LogP contribution in [0.15, 0.2) is 30.5 Å². The lowest BCUT2D eigenvalue weighted by molar-refractivity contribution is 0.0256. The summed E-state index contributed by atoms with van der Waals surface area (Å²) in [6, 6.07) is 6.54. The number of fused-ring (bicyclic) bond motifs is 1. The number of halogens is 2. The van der Waals surface area contributed by atoms with Crippen LogP contribution in [0.25, 0.3) is 5.65 Å². The molecule has 10 heteroatoms. The smallest absolute Gasteiger partial charge is 0.277 e. The number of alkyl halides is 2. The van der Waals surface area contributed by atoms with Gasteiger partial charge in [0.05, 0.1) is 12.2 Å². The van der Waals surface area contributed by atoms with Crippen LogP contribution in [0.5, 0.6) is 0 Å². The van der Waals surface area contributed by atoms with E-state index < -0.39 is 11.8 Å². The Labute approximate surface area is 146 Å². The molecular weight excluding hydrogens is 344 g/mol. The van der Waals surface area contributed by atoms with Gasteiger partial charge in [-0.25, -0.2) is 18.3 Å². The molecule has 1 aliphatic rings. The predicted octanol–water partition coefficient (Wildman–Crippen LogP) is 1.93. The van der Waals surface area contributed by atoms with Crippen molar-refractivity contribution in [2.75, 3.05) is 23.3 Å². The van der Waals surface area contributed by atoms with E-state index in [9.17, 15) is 13.6 Å². The lowest BCUT2D eigenvalue weighted by Crippen LogP contribution is -2.26. The van der Waals surface area contributed by atoms with Crippen molar-refractivity contribution in [2.45, 2.75) is 19.3 Å². The number of hydrogen-bond donors (Lipinski definition) is 1. The summed E-state index contributed by atoms with van der Waals surface area (Å²) in [7, 11) is 0. The van der Waals surface area contributed by atoms with Crippen LogP contribution >= 0.6 is 0 Å². The van der Waals surface area contributed by atoms with Gasteiger partial charge < -0.3 is 10.2 Å². The van der Waals surface area contributed by atoms with Crippen molar-refractivity contribution in [3.05, 3.63) is 41.9 Å².